The lowest BCUT2D eigenvalue weighted by atomic mass is 10.1. The highest BCUT2D eigenvalue weighted by atomic mass is 16.2. The van der Waals surface area contributed by atoms with Gasteiger partial charge in [-0.25, -0.2) is 0 Å². The molecule has 0 saturated heterocycles. The Morgan fingerprint density at radius 2 is 2.00 bits per heavy atom. The molecule has 0 unspecified atom stereocenters. The van der Waals surface area contributed by atoms with Crippen LogP contribution in [0.2, 0.25) is 0 Å². The van der Waals surface area contributed by atoms with Gasteiger partial charge in [0, 0.05) is 25.6 Å². The number of carbonyl (C=O) groups is 1. The van der Waals surface area contributed by atoms with Crippen molar-refractivity contribution in [3.63, 3.8) is 0 Å². The molecule has 0 atom stereocenters. The van der Waals surface area contributed by atoms with Crippen molar-refractivity contribution in [1.82, 2.24) is 10.6 Å². The molecule has 1 fully saturated rings. The maximum absolute atomic E-state index is 11.3. The maximum Gasteiger partial charge on any atom is 0.223 e. The number of benzene rings is 1. The molecule has 1 saturated carbocycles. The number of nitrogens with zero attached hydrogens (tertiary/aromatic N) is 1. The van der Waals surface area contributed by atoms with E-state index >= 15 is 0 Å². The molecule has 2 rings (SSSR count). The molecule has 0 aliphatic heterocycles. The van der Waals surface area contributed by atoms with Gasteiger partial charge in [-0.2, -0.15) is 5.26 Å². The van der Waals surface area contributed by atoms with Crippen molar-refractivity contribution in [3.05, 3.63) is 35.4 Å². The Balaban J connectivity index is 1.59. The summed E-state index contributed by atoms with van der Waals surface area (Å²) in [6, 6.07) is 9.59. The molecular formula is C14H17N3O. The fourth-order valence-corrected chi connectivity index (χ4v) is 1.69. The van der Waals surface area contributed by atoms with Gasteiger partial charge in [0.15, 0.2) is 0 Å². The van der Waals surface area contributed by atoms with Crippen LogP contribution in [-0.2, 0) is 11.3 Å². The summed E-state index contributed by atoms with van der Waals surface area (Å²) in [5, 5.41) is 14.8. The molecule has 0 heterocycles. The molecule has 2 N–H and O–H groups in total. The van der Waals surface area contributed by atoms with Gasteiger partial charge < -0.3 is 10.6 Å². The maximum atomic E-state index is 11.3. The average molecular weight is 243 g/mol. The van der Waals surface area contributed by atoms with Crippen molar-refractivity contribution in [2.24, 2.45) is 5.92 Å². The van der Waals surface area contributed by atoms with Crippen molar-refractivity contribution in [2.75, 3.05) is 13.1 Å². The van der Waals surface area contributed by atoms with Crippen LogP contribution >= 0.6 is 0 Å². The van der Waals surface area contributed by atoms with Crippen LogP contribution in [0.1, 0.15) is 24.0 Å². The minimum atomic E-state index is 0.190. The third-order valence-electron chi connectivity index (χ3n) is 2.96. The molecule has 1 aliphatic carbocycles. The fourth-order valence-electron chi connectivity index (χ4n) is 1.69. The fraction of sp³-hybridized carbons (Fsp3) is 0.429. The second kappa shape index (κ2) is 6.18. The lowest BCUT2D eigenvalue weighted by molar-refractivity contribution is -0.122. The lowest BCUT2D eigenvalue weighted by Gasteiger charge is -2.06. The van der Waals surface area contributed by atoms with E-state index in [-0.39, 0.29) is 11.8 Å². The van der Waals surface area contributed by atoms with E-state index in [1.165, 1.54) is 0 Å². The Bertz CT molecular complexity index is 443. The first kappa shape index (κ1) is 12.6. The number of hydrogen-bond acceptors (Lipinski definition) is 3. The van der Waals surface area contributed by atoms with E-state index in [0.29, 0.717) is 12.1 Å². The minimum absolute atomic E-state index is 0.190. The second-order valence-electron chi connectivity index (χ2n) is 4.55. The highest BCUT2D eigenvalue weighted by Gasteiger charge is 2.28. The van der Waals surface area contributed by atoms with Gasteiger partial charge in [-0.15, -0.1) is 0 Å². The predicted octanol–water partition coefficient (Wildman–Crippen LogP) is 1.17. The van der Waals surface area contributed by atoms with Gasteiger partial charge in [0.05, 0.1) is 11.6 Å². The number of hydrogen-bond donors (Lipinski definition) is 2. The smallest absolute Gasteiger partial charge is 0.223 e. The minimum Gasteiger partial charge on any atom is -0.355 e. The Kier molecular flexibility index (Phi) is 4.32. The van der Waals surface area contributed by atoms with Crippen LogP contribution in [0.4, 0.5) is 0 Å². The molecule has 0 bridgehead atoms. The number of rotatable bonds is 6. The van der Waals surface area contributed by atoms with E-state index in [1.807, 2.05) is 24.3 Å². The van der Waals surface area contributed by atoms with Crippen LogP contribution in [0, 0.1) is 17.2 Å². The van der Waals surface area contributed by atoms with Gasteiger partial charge in [0.1, 0.15) is 0 Å². The van der Waals surface area contributed by atoms with Gasteiger partial charge in [0.2, 0.25) is 5.91 Å². The zero-order valence-electron chi connectivity index (χ0n) is 10.3. The molecule has 18 heavy (non-hydrogen) atoms. The number of carbonyl (C=O) groups excluding carboxylic acids is 1. The van der Waals surface area contributed by atoms with Gasteiger partial charge in [0.25, 0.3) is 0 Å². The van der Waals surface area contributed by atoms with E-state index in [2.05, 4.69) is 16.7 Å². The molecule has 1 aliphatic rings. The summed E-state index contributed by atoms with van der Waals surface area (Å²) in [5.74, 6) is 0.471. The SMILES string of the molecule is N#Cc1ccc(CNCCNC(=O)C2CC2)cc1. The molecule has 0 spiro atoms. The Morgan fingerprint density at radius 3 is 2.61 bits per heavy atom. The molecule has 94 valence electrons. The zero-order chi connectivity index (χ0) is 12.8. The summed E-state index contributed by atoms with van der Waals surface area (Å²) in [4.78, 5) is 11.3. The van der Waals surface area contributed by atoms with Crippen LogP contribution in [0.15, 0.2) is 24.3 Å². The zero-order valence-corrected chi connectivity index (χ0v) is 10.3. The first-order valence-corrected chi connectivity index (χ1v) is 6.27. The second-order valence-corrected chi connectivity index (χ2v) is 4.55. The van der Waals surface area contributed by atoms with Gasteiger partial charge >= 0.3 is 0 Å². The predicted molar refractivity (Wildman–Crippen MR) is 68.6 cm³/mol. The topological polar surface area (TPSA) is 64.9 Å². The molecular weight excluding hydrogens is 226 g/mol. The Morgan fingerprint density at radius 1 is 1.28 bits per heavy atom. The van der Waals surface area contributed by atoms with Crippen LogP contribution in [0.3, 0.4) is 0 Å². The number of amides is 1. The molecule has 1 amide bonds. The van der Waals surface area contributed by atoms with Crippen molar-refractivity contribution in [1.29, 1.82) is 5.26 Å². The normalized spacial score (nSPS) is 13.9. The van der Waals surface area contributed by atoms with Crippen molar-refractivity contribution >= 4 is 5.91 Å². The quantitative estimate of drug-likeness (QED) is 0.737. The lowest BCUT2D eigenvalue weighted by Crippen LogP contribution is -2.32. The van der Waals surface area contributed by atoms with E-state index in [9.17, 15) is 4.79 Å². The summed E-state index contributed by atoms with van der Waals surface area (Å²) < 4.78 is 0. The number of nitriles is 1. The van der Waals surface area contributed by atoms with Crippen LogP contribution in [0.25, 0.3) is 0 Å². The van der Waals surface area contributed by atoms with Crippen molar-refractivity contribution in [3.8, 4) is 6.07 Å². The average Bonchev–Trinajstić information content (AvgIpc) is 3.23. The summed E-state index contributed by atoms with van der Waals surface area (Å²) >= 11 is 0. The van der Waals surface area contributed by atoms with E-state index in [4.69, 9.17) is 5.26 Å². The molecule has 4 heteroatoms. The number of nitrogens with one attached hydrogen (secondary N) is 2. The van der Waals surface area contributed by atoms with Crippen molar-refractivity contribution in [2.45, 2.75) is 19.4 Å². The Hall–Kier alpha value is -1.86. The van der Waals surface area contributed by atoms with Crippen LogP contribution in [-0.4, -0.2) is 19.0 Å². The Labute approximate surface area is 107 Å². The highest BCUT2D eigenvalue weighted by molar-refractivity contribution is 5.80. The molecule has 4 nitrogen and oxygen atoms in total. The third-order valence-corrected chi connectivity index (χ3v) is 2.96. The largest absolute Gasteiger partial charge is 0.355 e. The van der Waals surface area contributed by atoms with Gasteiger partial charge in [-0.3, -0.25) is 4.79 Å². The van der Waals surface area contributed by atoms with Crippen LogP contribution < -0.4 is 10.6 Å². The monoisotopic (exact) mass is 243 g/mol. The van der Waals surface area contributed by atoms with Crippen molar-refractivity contribution < 1.29 is 4.79 Å². The first-order valence-electron chi connectivity index (χ1n) is 6.27. The van der Waals surface area contributed by atoms with E-state index < -0.39 is 0 Å². The van der Waals surface area contributed by atoms with E-state index in [0.717, 1.165) is 31.5 Å². The summed E-state index contributed by atoms with van der Waals surface area (Å²) in [5.41, 5.74) is 1.82. The van der Waals surface area contributed by atoms with Gasteiger partial charge in [-0.1, -0.05) is 12.1 Å². The third kappa shape index (κ3) is 3.86. The van der Waals surface area contributed by atoms with Crippen LogP contribution in [0.5, 0.6) is 0 Å². The standard InChI is InChI=1S/C14H17N3O/c15-9-11-1-3-12(4-2-11)10-16-7-8-17-14(18)13-5-6-13/h1-4,13,16H,5-8,10H2,(H,17,18). The summed E-state index contributed by atoms with van der Waals surface area (Å²) in [6.45, 7) is 2.19. The van der Waals surface area contributed by atoms with E-state index in [1.54, 1.807) is 0 Å². The summed E-state index contributed by atoms with van der Waals surface area (Å²) in [7, 11) is 0. The summed E-state index contributed by atoms with van der Waals surface area (Å²) in [6.07, 6.45) is 2.09. The van der Waals surface area contributed by atoms with Gasteiger partial charge in [-0.05, 0) is 30.5 Å². The molecule has 0 radical (unpaired) electrons. The molecule has 1 aromatic rings. The first-order chi connectivity index (χ1) is 8.79. The molecule has 1 aromatic carbocycles. The molecule has 0 aromatic heterocycles. The highest BCUT2D eigenvalue weighted by Crippen LogP contribution is 2.28.